The van der Waals surface area contributed by atoms with E-state index in [1.165, 1.54) is 0 Å². The van der Waals surface area contributed by atoms with E-state index < -0.39 is 5.60 Å². The number of aromatic nitrogens is 2. The van der Waals surface area contributed by atoms with Crippen molar-refractivity contribution in [1.29, 1.82) is 0 Å². The lowest BCUT2D eigenvalue weighted by Gasteiger charge is -2.58. The number of amides is 1. The Balaban J connectivity index is 1.33. The first kappa shape index (κ1) is 19.4. The molecule has 2 heterocycles. The van der Waals surface area contributed by atoms with E-state index in [9.17, 15) is 9.90 Å². The minimum Gasteiger partial charge on any atom is -0.390 e. The molecule has 1 saturated heterocycles. The molecule has 4 bridgehead atoms. The summed E-state index contributed by atoms with van der Waals surface area (Å²) in [5, 5.41) is 18.7. The average Bonchev–Trinajstić information content (AvgIpc) is 3.19. The number of nitrogens with zero attached hydrogens (tertiary/aromatic N) is 4. The lowest BCUT2D eigenvalue weighted by Crippen LogP contribution is -2.61. The smallest absolute Gasteiger partial charge is 0.272 e. The molecule has 6 rings (SSSR count). The summed E-state index contributed by atoms with van der Waals surface area (Å²) in [6.45, 7) is 3.69. The van der Waals surface area contributed by atoms with Gasteiger partial charge in [0.25, 0.3) is 5.91 Å². The fourth-order valence-electron chi connectivity index (χ4n) is 7.02. The number of hydrogen-bond acceptors (Lipinski definition) is 5. The zero-order valence-corrected chi connectivity index (χ0v) is 17.8. The van der Waals surface area contributed by atoms with Crippen molar-refractivity contribution in [2.75, 3.05) is 25.0 Å². The SMILES string of the molecule is [B]N1CC[C@H](N(C)c2c(C)c(C(=O)NC3C4CC5CC3CC(O)(C5)C4)nn2C)C1. The second-order valence-corrected chi connectivity index (χ2v) is 10.2. The van der Waals surface area contributed by atoms with E-state index in [2.05, 4.69) is 22.4 Å². The van der Waals surface area contributed by atoms with Crippen LogP contribution < -0.4 is 10.2 Å². The van der Waals surface area contributed by atoms with Crippen LogP contribution in [0.4, 0.5) is 5.82 Å². The summed E-state index contributed by atoms with van der Waals surface area (Å²) in [7, 11) is 9.91. The number of carbonyl (C=O) groups is 1. The van der Waals surface area contributed by atoms with E-state index in [1.54, 1.807) is 0 Å². The summed E-state index contributed by atoms with van der Waals surface area (Å²) in [5.41, 5.74) is 0.960. The molecule has 4 aliphatic carbocycles. The molecule has 2 unspecified atom stereocenters. The van der Waals surface area contributed by atoms with Gasteiger partial charge < -0.3 is 20.1 Å². The van der Waals surface area contributed by atoms with Crippen LogP contribution in [0.2, 0.25) is 0 Å². The first-order valence-corrected chi connectivity index (χ1v) is 11.0. The second kappa shape index (κ2) is 6.74. The second-order valence-electron chi connectivity index (χ2n) is 10.2. The standard InChI is InChI=1S/C21H32BN5O2/c1-12-17(24-26(3)20(12)25(2)16-4-5-27(22)11-16)19(28)23-18-14-6-13-7-15(18)10-21(29,8-13)9-14/h13-16,18,29H,4-11H2,1-3H3,(H,23,28)/t13?,14?,15?,16-,18?,21?/m0/s1. The number of likely N-dealkylation sites (N-methyl/N-ethyl adjacent to an activating group) is 1. The van der Waals surface area contributed by atoms with Crippen LogP contribution in [-0.2, 0) is 7.05 Å². The highest BCUT2D eigenvalue weighted by Gasteiger charge is 2.55. The Hall–Kier alpha value is -1.54. The molecule has 1 aliphatic heterocycles. The maximum Gasteiger partial charge on any atom is 0.272 e. The molecule has 5 aliphatic rings. The summed E-state index contributed by atoms with van der Waals surface area (Å²) < 4.78 is 1.82. The summed E-state index contributed by atoms with van der Waals surface area (Å²) in [6.07, 6.45) is 5.90. The van der Waals surface area contributed by atoms with Gasteiger partial charge in [-0.3, -0.25) is 9.48 Å². The van der Waals surface area contributed by atoms with Gasteiger partial charge in [-0.25, -0.2) is 0 Å². The van der Waals surface area contributed by atoms with Gasteiger partial charge in [-0.15, -0.1) is 0 Å². The first-order valence-electron chi connectivity index (χ1n) is 11.0. The molecule has 1 amide bonds. The number of hydrogen-bond donors (Lipinski definition) is 2. The highest BCUT2D eigenvalue weighted by molar-refractivity contribution is 6.04. The van der Waals surface area contributed by atoms with Gasteiger partial charge in [0.2, 0.25) is 0 Å². The maximum absolute atomic E-state index is 13.2. The van der Waals surface area contributed by atoms with E-state index >= 15 is 0 Å². The lowest BCUT2D eigenvalue weighted by atomic mass is 9.52. The Labute approximate surface area is 174 Å². The number of aryl methyl sites for hydroxylation is 1. The van der Waals surface area contributed by atoms with Crippen molar-refractivity contribution in [3.05, 3.63) is 11.3 Å². The third-order valence-electron chi connectivity index (χ3n) is 8.08. The highest BCUT2D eigenvalue weighted by Crippen LogP contribution is 2.55. The zero-order chi connectivity index (χ0) is 20.5. The lowest BCUT2D eigenvalue weighted by molar-refractivity contribution is -0.136. The minimum absolute atomic E-state index is 0.0749. The summed E-state index contributed by atoms with van der Waals surface area (Å²) >= 11 is 0. The molecule has 1 aromatic heterocycles. The molecule has 1 aromatic rings. The van der Waals surface area contributed by atoms with E-state index in [0.29, 0.717) is 29.5 Å². The Morgan fingerprint density at radius 1 is 1.31 bits per heavy atom. The molecule has 2 radical (unpaired) electrons. The summed E-state index contributed by atoms with van der Waals surface area (Å²) in [6, 6.07) is 0.498. The van der Waals surface area contributed by atoms with E-state index in [-0.39, 0.29) is 11.9 Å². The van der Waals surface area contributed by atoms with Crippen LogP contribution >= 0.6 is 0 Å². The molecule has 0 spiro atoms. The normalized spacial score (nSPS) is 38.6. The van der Waals surface area contributed by atoms with Gasteiger partial charge in [0.05, 0.1) is 5.60 Å². The highest BCUT2D eigenvalue weighted by atomic mass is 16.3. The van der Waals surface area contributed by atoms with Crippen LogP contribution in [0.5, 0.6) is 0 Å². The van der Waals surface area contributed by atoms with Crippen molar-refractivity contribution >= 4 is 19.7 Å². The molecule has 7 nitrogen and oxygen atoms in total. The van der Waals surface area contributed by atoms with E-state index in [1.807, 2.05) is 23.5 Å². The molecule has 4 saturated carbocycles. The Bertz CT molecular complexity index is 810. The molecule has 0 aromatic carbocycles. The molecule has 2 N–H and O–H groups in total. The van der Waals surface area contributed by atoms with E-state index in [4.69, 9.17) is 7.98 Å². The average molecular weight is 397 g/mol. The van der Waals surface area contributed by atoms with Crippen molar-refractivity contribution in [3.8, 4) is 0 Å². The third kappa shape index (κ3) is 3.19. The number of anilines is 1. The summed E-state index contributed by atoms with van der Waals surface area (Å²) in [5.74, 6) is 2.34. The Morgan fingerprint density at radius 2 is 2.00 bits per heavy atom. The van der Waals surface area contributed by atoms with Crippen LogP contribution in [-0.4, -0.2) is 71.4 Å². The molecule has 29 heavy (non-hydrogen) atoms. The number of nitrogens with one attached hydrogen (secondary N) is 1. The largest absolute Gasteiger partial charge is 0.390 e. The predicted octanol–water partition coefficient (Wildman–Crippen LogP) is 0.992. The van der Waals surface area contributed by atoms with Crippen molar-refractivity contribution in [2.45, 2.75) is 63.1 Å². The molecular formula is C21H32BN5O2. The number of rotatable bonds is 4. The van der Waals surface area contributed by atoms with Crippen molar-refractivity contribution < 1.29 is 9.90 Å². The van der Waals surface area contributed by atoms with Crippen molar-refractivity contribution in [2.24, 2.45) is 24.8 Å². The predicted molar refractivity (Wildman–Crippen MR) is 112 cm³/mol. The van der Waals surface area contributed by atoms with Gasteiger partial charge in [0, 0.05) is 38.3 Å². The number of carbonyl (C=O) groups excluding carboxylic acids is 1. The third-order valence-corrected chi connectivity index (χ3v) is 8.08. The van der Waals surface area contributed by atoms with E-state index in [0.717, 1.165) is 63.0 Å². The maximum atomic E-state index is 13.2. The Kier molecular flexibility index (Phi) is 4.51. The first-order chi connectivity index (χ1) is 13.7. The van der Waals surface area contributed by atoms with Gasteiger partial charge >= 0.3 is 0 Å². The zero-order valence-electron chi connectivity index (χ0n) is 17.8. The van der Waals surface area contributed by atoms with Crippen molar-refractivity contribution in [1.82, 2.24) is 19.9 Å². The van der Waals surface area contributed by atoms with Gasteiger partial charge in [-0.1, -0.05) is 0 Å². The fraction of sp³-hybridized carbons (Fsp3) is 0.810. The molecule has 8 heteroatoms. The van der Waals surface area contributed by atoms with Gasteiger partial charge in [-0.05, 0) is 69.7 Å². The van der Waals surface area contributed by atoms with Gasteiger partial charge in [0.15, 0.2) is 13.7 Å². The monoisotopic (exact) mass is 397 g/mol. The molecule has 156 valence electrons. The topological polar surface area (TPSA) is 73.6 Å². The molecule has 5 fully saturated rings. The fourth-order valence-corrected chi connectivity index (χ4v) is 7.02. The minimum atomic E-state index is -0.479. The quantitative estimate of drug-likeness (QED) is 0.742. The van der Waals surface area contributed by atoms with Crippen LogP contribution in [0.1, 0.15) is 54.6 Å². The van der Waals surface area contributed by atoms with Crippen LogP contribution in [0.15, 0.2) is 0 Å². The van der Waals surface area contributed by atoms with Crippen LogP contribution in [0.3, 0.4) is 0 Å². The Morgan fingerprint density at radius 3 is 2.59 bits per heavy atom. The van der Waals surface area contributed by atoms with Crippen LogP contribution in [0, 0.1) is 24.7 Å². The van der Waals surface area contributed by atoms with Crippen LogP contribution in [0.25, 0.3) is 0 Å². The van der Waals surface area contributed by atoms with Gasteiger partial charge in [0.1, 0.15) is 5.82 Å². The molecule has 3 atom stereocenters. The van der Waals surface area contributed by atoms with Gasteiger partial charge in [-0.2, -0.15) is 5.10 Å². The summed E-state index contributed by atoms with van der Waals surface area (Å²) in [4.78, 5) is 17.3. The van der Waals surface area contributed by atoms with Crippen molar-refractivity contribution in [3.63, 3.8) is 0 Å². The molecular weight excluding hydrogens is 365 g/mol. The number of aliphatic hydroxyl groups is 1.